The van der Waals surface area contributed by atoms with Gasteiger partial charge in [0.1, 0.15) is 5.25 Å². The summed E-state index contributed by atoms with van der Waals surface area (Å²) in [6.45, 7) is 3.73. The molecule has 0 unspecified atom stereocenters. The number of hydrogen-bond donors (Lipinski definition) is 0. The van der Waals surface area contributed by atoms with Gasteiger partial charge >= 0.3 is 0 Å². The molecule has 0 aliphatic carbocycles. The van der Waals surface area contributed by atoms with Crippen LogP contribution < -0.4 is 4.90 Å². The van der Waals surface area contributed by atoms with Crippen LogP contribution >= 0.6 is 0 Å². The molecular weight excluding hydrogens is 294 g/mol. The molecule has 0 aliphatic heterocycles. The van der Waals surface area contributed by atoms with E-state index >= 15 is 0 Å². The third-order valence-corrected chi connectivity index (χ3v) is 5.36. The van der Waals surface area contributed by atoms with E-state index in [9.17, 15) is 9.00 Å². The zero-order valence-corrected chi connectivity index (χ0v) is 14.0. The molecular formula is C18H21NO2S. The van der Waals surface area contributed by atoms with Gasteiger partial charge in [0.15, 0.2) is 0 Å². The van der Waals surface area contributed by atoms with Gasteiger partial charge in [0, 0.05) is 29.3 Å². The summed E-state index contributed by atoms with van der Waals surface area (Å²) in [5, 5.41) is -0.537. The van der Waals surface area contributed by atoms with Crippen LogP contribution in [0.4, 0.5) is 5.69 Å². The van der Waals surface area contributed by atoms with E-state index in [1.54, 1.807) is 18.9 Å². The topological polar surface area (TPSA) is 37.4 Å². The van der Waals surface area contributed by atoms with E-state index in [-0.39, 0.29) is 5.91 Å². The van der Waals surface area contributed by atoms with E-state index in [0.717, 1.165) is 16.8 Å². The highest BCUT2D eigenvalue weighted by Crippen LogP contribution is 2.16. The average molecular weight is 315 g/mol. The van der Waals surface area contributed by atoms with E-state index in [1.807, 2.05) is 61.5 Å². The second-order valence-corrected chi connectivity index (χ2v) is 7.08. The van der Waals surface area contributed by atoms with E-state index in [4.69, 9.17) is 0 Å². The number of para-hydroxylation sites is 1. The summed E-state index contributed by atoms with van der Waals surface area (Å²) in [7, 11) is 0.480. The van der Waals surface area contributed by atoms with Crippen molar-refractivity contribution < 1.29 is 9.00 Å². The summed E-state index contributed by atoms with van der Waals surface area (Å²) in [6, 6.07) is 17.3. The van der Waals surface area contributed by atoms with E-state index < -0.39 is 16.0 Å². The Bertz CT molecular complexity index is 670. The number of carbonyl (C=O) groups is 1. The fourth-order valence-electron chi connectivity index (χ4n) is 2.21. The second-order valence-electron chi connectivity index (χ2n) is 5.33. The van der Waals surface area contributed by atoms with Gasteiger partial charge in [-0.1, -0.05) is 42.5 Å². The van der Waals surface area contributed by atoms with Crippen LogP contribution in [0.5, 0.6) is 0 Å². The summed E-state index contributed by atoms with van der Waals surface area (Å²) >= 11 is 0. The summed E-state index contributed by atoms with van der Waals surface area (Å²) in [4.78, 5) is 14.1. The van der Waals surface area contributed by atoms with Gasteiger partial charge in [0.2, 0.25) is 5.91 Å². The number of hydrogen-bond acceptors (Lipinski definition) is 2. The Labute approximate surface area is 134 Å². The van der Waals surface area contributed by atoms with Crippen LogP contribution in [0, 0.1) is 6.92 Å². The van der Waals surface area contributed by atoms with Gasteiger partial charge in [-0.15, -0.1) is 0 Å². The minimum atomic E-state index is -1.24. The van der Waals surface area contributed by atoms with E-state index in [0.29, 0.717) is 5.75 Å². The molecule has 0 aliphatic rings. The number of benzene rings is 2. The molecule has 1 amide bonds. The summed E-state index contributed by atoms with van der Waals surface area (Å²) in [5.41, 5.74) is 2.95. The maximum absolute atomic E-state index is 12.5. The van der Waals surface area contributed by atoms with Crippen molar-refractivity contribution in [1.82, 2.24) is 0 Å². The van der Waals surface area contributed by atoms with Crippen molar-refractivity contribution in [2.45, 2.75) is 24.9 Å². The number of amides is 1. The molecule has 0 heterocycles. The maximum atomic E-state index is 12.5. The molecule has 0 N–H and O–H groups in total. The molecule has 3 nitrogen and oxygen atoms in total. The standard InChI is InChI=1S/C18H21NO2S/c1-14-9-7-8-10-16(14)13-22(21)15(2)18(20)19(3)17-11-5-4-6-12-17/h4-12,15H,13H2,1-3H3/t15-,22+/m0/s1. The molecule has 2 rings (SSSR count). The van der Waals surface area contributed by atoms with Crippen LogP contribution in [-0.2, 0) is 21.3 Å². The van der Waals surface area contributed by atoms with Crippen molar-refractivity contribution >= 4 is 22.4 Å². The predicted octanol–water partition coefficient (Wildman–Crippen LogP) is 3.30. The first kappa shape index (κ1) is 16.4. The number of carbonyl (C=O) groups excluding carboxylic acids is 1. The van der Waals surface area contributed by atoms with Gasteiger partial charge in [-0.25, -0.2) is 0 Å². The lowest BCUT2D eigenvalue weighted by atomic mass is 10.1. The zero-order chi connectivity index (χ0) is 16.1. The quantitative estimate of drug-likeness (QED) is 0.849. The average Bonchev–Trinajstić information content (AvgIpc) is 2.55. The molecule has 0 fully saturated rings. The molecule has 2 aromatic rings. The van der Waals surface area contributed by atoms with Gasteiger partial charge in [0.05, 0.1) is 0 Å². The van der Waals surface area contributed by atoms with Gasteiger partial charge in [-0.3, -0.25) is 9.00 Å². The Morgan fingerprint density at radius 2 is 1.68 bits per heavy atom. The minimum absolute atomic E-state index is 0.127. The highest BCUT2D eigenvalue weighted by atomic mass is 32.2. The first-order valence-corrected chi connectivity index (χ1v) is 8.63. The fraction of sp³-hybridized carbons (Fsp3) is 0.278. The molecule has 0 aromatic heterocycles. The van der Waals surface area contributed by atoms with Gasteiger partial charge < -0.3 is 4.90 Å². The van der Waals surface area contributed by atoms with Crippen molar-refractivity contribution in [3.63, 3.8) is 0 Å². The van der Waals surface area contributed by atoms with Crippen LogP contribution in [0.25, 0.3) is 0 Å². The molecule has 0 radical (unpaired) electrons. The van der Waals surface area contributed by atoms with Crippen molar-refractivity contribution in [2.75, 3.05) is 11.9 Å². The van der Waals surface area contributed by atoms with E-state index in [1.165, 1.54) is 0 Å². The molecule has 0 bridgehead atoms. The van der Waals surface area contributed by atoms with Crippen LogP contribution in [0.1, 0.15) is 18.1 Å². The number of anilines is 1. The lowest BCUT2D eigenvalue weighted by Gasteiger charge is -2.21. The molecule has 2 atom stereocenters. The Kier molecular flexibility index (Phi) is 5.50. The Hall–Kier alpha value is -1.94. The molecule has 116 valence electrons. The van der Waals surface area contributed by atoms with Gasteiger partial charge in [0.25, 0.3) is 0 Å². The van der Waals surface area contributed by atoms with Gasteiger partial charge in [-0.2, -0.15) is 0 Å². The second kappa shape index (κ2) is 7.36. The Balaban J connectivity index is 2.07. The first-order valence-electron chi connectivity index (χ1n) is 7.25. The third-order valence-electron chi connectivity index (χ3n) is 3.78. The number of nitrogens with zero attached hydrogens (tertiary/aromatic N) is 1. The zero-order valence-electron chi connectivity index (χ0n) is 13.2. The molecule has 4 heteroatoms. The Morgan fingerprint density at radius 3 is 2.32 bits per heavy atom. The highest BCUT2D eigenvalue weighted by Gasteiger charge is 2.24. The normalized spacial score (nSPS) is 13.4. The first-order chi connectivity index (χ1) is 10.5. The monoisotopic (exact) mass is 315 g/mol. The summed E-state index contributed by atoms with van der Waals surface area (Å²) in [5.74, 6) is 0.278. The maximum Gasteiger partial charge on any atom is 0.242 e. The number of rotatable bonds is 5. The molecule has 0 spiro atoms. The smallest absolute Gasteiger partial charge is 0.242 e. The van der Waals surface area contributed by atoms with Crippen LogP contribution in [0.2, 0.25) is 0 Å². The van der Waals surface area contributed by atoms with Crippen molar-refractivity contribution in [1.29, 1.82) is 0 Å². The molecule has 0 saturated heterocycles. The third kappa shape index (κ3) is 3.83. The largest absolute Gasteiger partial charge is 0.314 e. The molecule has 2 aromatic carbocycles. The SMILES string of the molecule is Cc1ccccc1C[S@@](=O)[C@@H](C)C(=O)N(C)c1ccccc1. The summed E-state index contributed by atoms with van der Waals surface area (Å²) < 4.78 is 12.5. The summed E-state index contributed by atoms with van der Waals surface area (Å²) in [6.07, 6.45) is 0. The predicted molar refractivity (Wildman–Crippen MR) is 92.3 cm³/mol. The highest BCUT2D eigenvalue weighted by molar-refractivity contribution is 7.85. The van der Waals surface area contributed by atoms with Crippen LogP contribution in [0.3, 0.4) is 0 Å². The molecule has 22 heavy (non-hydrogen) atoms. The van der Waals surface area contributed by atoms with Crippen LogP contribution in [0.15, 0.2) is 54.6 Å². The number of aryl methyl sites for hydroxylation is 1. The van der Waals surface area contributed by atoms with Crippen molar-refractivity contribution in [3.8, 4) is 0 Å². The van der Waals surface area contributed by atoms with Gasteiger partial charge in [-0.05, 0) is 37.1 Å². The lowest BCUT2D eigenvalue weighted by Crippen LogP contribution is -2.37. The fourth-order valence-corrected chi connectivity index (χ4v) is 3.48. The van der Waals surface area contributed by atoms with Crippen LogP contribution in [-0.4, -0.2) is 22.4 Å². The van der Waals surface area contributed by atoms with E-state index in [2.05, 4.69) is 0 Å². The lowest BCUT2D eigenvalue weighted by molar-refractivity contribution is -0.117. The molecule has 0 saturated carbocycles. The van der Waals surface area contributed by atoms with Crippen molar-refractivity contribution in [3.05, 3.63) is 65.7 Å². The minimum Gasteiger partial charge on any atom is -0.314 e. The van der Waals surface area contributed by atoms with Crippen molar-refractivity contribution in [2.24, 2.45) is 0 Å². The Morgan fingerprint density at radius 1 is 1.09 bits per heavy atom.